The highest BCUT2D eigenvalue weighted by atomic mass is 16.4. The molecule has 28 heavy (non-hydrogen) atoms. The standard InChI is InChI=1S/C20H20N4O4/c21-24-22-13-5-4-8-17(20(27)28)23-19(26)16-11-9-15(10-12-16)18(25)14-6-2-1-3-7-14/h1-3,6-7,9-12,17H,4-5,8,13H2,(H,23,26)(H,27,28)/t17-/m0/s1. The van der Waals surface area contributed by atoms with Gasteiger partial charge < -0.3 is 10.4 Å². The minimum absolute atomic E-state index is 0.156. The smallest absolute Gasteiger partial charge is 0.326 e. The third-order valence-electron chi connectivity index (χ3n) is 4.11. The first-order chi connectivity index (χ1) is 13.5. The van der Waals surface area contributed by atoms with Crippen molar-refractivity contribution in [2.24, 2.45) is 5.11 Å². The minimum Gasteiger partial charge on any atom is -0.480 e. The summed E-state index contributed by atoms with van der Waals surface area (Å²) >= 11 is 0. The summed E-state index contributed by atoms with van der Waals surface area (Å²) in [5, 5.41) is 15.1. The first kappa shape index (κ1) is 20.7. The number of ketones is 1. The second-order valence-electron chi connectivity index (χ2n) is 6.09. The summed E-state index contributed by atoms with van der Waals surface area (Å²) in [5.74, 6) is -1.81. The highest BCUT2D eigenvalue weighted by Crippen LogP contribution is 2.12. The van der Waals surface area contributed by atoms with Gasteiger partial charge in [0.05, 0.1) is 0 Å². The third-order valence-corrected chi connectivity index (χ3v) is 4.11. The summed E-state index contributed by atoms with van der Waals surface area (Å²) in [6.07, 6.45) is 1.27. The molecule has 0 aromatic heterocycles. The van der Waals surface area contributed by atoms with Gasteiger partial charge in [0.25, 0.3) is 5.91 Å². The molecule has 2 N–H and O–H groups in total. The van der Waals surface area contributed by atoms with E-state index >= 15 is 0 Å². The molecule has 8 heteroatoms. The molecule has 0 radical (unpaired) electrons. The fourth-order valence-corrected chi connectivity index (χ4v) is 2.60. The zero-order valence-corrected chi connectivity index (χ0v) is 15.1. The normalized spacial score (nSPS) is 11.1. The maximum Gasteiger partial charge on any atom is 0.326 e. The number of hydrogen-bond acceptors (Lipinski definition) is 4. The van der Waals surface area contributed by atoms with Crippen molar-refractivity contribution in [3.05, 3.63) is 81.7 Å². The van der Waals surface area contributed by atoms with E-state index in [0.717, 1.165) is 0 Å². The first-order valence-electron chi connectivity index (χ1n) is 8.77. The average molecular weight is 380 g/mol. The Morgan fingerprint density at radius 3 is 2.18 bits per heavy atom. The Hall–Kier alpha value is -3.64. The van der Waals surface area contributed by atoms with Crippen LogP contribution < -0.4 is 5.32 Å². The molecule has 1 atom stereocenters. The molecule has 144 valence electrons. The summed E-state index contributed by atoms with van der Waals surface area (Å²) in [6, 6.07) is 13.8. The third kappa shape index (κ3) is 5.96. The van der Waals surface area contributed by atoms with Crippen LogP contribution in [0.2, 0.25) is 0 Å². The van der Waals surface area contributed by atoms with Crippen LogP contribution in [0.25, 0.3) is 10.4 Å². The second kappa shape index (κ2) is 10.5. The Kier molecular flexibility index (Phi) is 7.75. The number of aliphatic carboxylic acids is 1. The topological polar surface area (TPSA) is 132 Å². The number of rotatable bonds is 10. The van der Waals surface area contributed by atoms with Gasteiger partial charge in [0, 0.05) is 28.1 Å². The number of unbranched alkanes of at least 4 members (excludes halogenated alkanes) is 1. The number of carboxylic acids is 1. The van der Waals surface area contributed by atoms with Crippen LogP contribution in [0, 0.1) is 0 Å². The Bertz CT molecular complexity index is 875. The molecule has 0 aliphatic carbocycles. The lowest BCUT2D eigenvalue weighted by Crippen LogP contribution is -2.40. The van der Waals surface area contributed by atoms with E-state index in [1.54, 1.807) is 36.4 Å². The molecular weight excluding hydrogens is 360 g/mol. The lowest BCUT2D eigenvalue weighted by molar-refractivity contribution is -0.139. The molecule has 0 aliphatic rings. The molecule has 2 rings (SSSR count). The quantitative estimate of drug-likeness (QED) is 0.214. The van der Waals surface area contributed by atoms with Crippen LogP contribution >= 0.6 is 0 Å². The molecule has 2 aromatic carbocycles. The van der Waals surface area contributed by atoms with Crippen LogP contribution in [0.1, 0.15) is 45.5 Å². The van der Waals surface area contributed by atoms with Crippen molar-refractivity contribution < 1.29 is 19.5 Å². The van der Waals surface area contributed by atoms with E-state index in [1.807, 2.05) is 6.07 Å². The van der Waals surface area contributed by atoms with Gasteiger partial charge in [-0.25, -0.2) is 4.79 Å². The highest BCUT2D eigenvalue weighted by molar-refractivity contribution is 6.09. The summed E-state index contributed by atoms with van der Waals surface area (Å²) in [7, 11) is 0. The molecule has 0 saturated heterocycles. The van der Waals surface area contributed by atoms with Crippen molar-refractivity contribution in [1.29, 1.82) is 0 Å². The molecule has 0 aliphatic heterocycles. The zero-order valence-electron chi connectivity index (χ0n) is 15.1. The maximum absolute atomic E-state index is 12.4. The van der Waals surface area contributed by atoms with E-state index in [4.69, 9.17) is 5.53 Å². The van der Waals surface area contributed by atoms with E-state index in [9.17, 15) is 19.5 Å². The predicted molar refractivity (Wildman–Crippen MR) is 103 cm³/mol. The molecule has 0 saturated carbocycles. The van der Waals surface area contributed by atoms with Crippen molar-refractivity contribution in [3.63, 3.8) is 0 Å². The van der Waals surface area contributed by atoms with Gasteiger partial charge in [0.2, 0.25) is 0 Å². The van der Waals surface area contributed by atoms with Crippen LogP contribution in [0.5, 0.6) is 0 Å². The SMILES string of the molecule is [N-]=[N+]=NCCCC[C@H](NC(=O)c1ccc(C(=O)c2ccccc2)cc1)C(=O)O. The molecule has 1 amide bonds. The van der Waals surface area contributed by atoms with Gasteiger partial charge in [-0.2, -0.15) is 0 Å². The number of amides is 1. The van der Waals surface area contributed by atoms with Crippen molar-refractivity contribution in [3.8, 4) is 0 Å². The molecular formula is C20H20N4O4. The van der Waals surface area contributed by atoms with Crippen molar-refractivity contribution in [1.82, 2.24) is 5.32 Å². The van der Waals surface area contributed by atoms with Gasteiger partial charge in [-0.1, -0.05) is 54.0 Å². The Labute approximate surface area is 161 Å². The summed E-state index contributed by atoms with van der Waals surface area (Å²) in [5.41, 5.74) is 9.47. The maximum atomic E-state index is 12.4. The lowest BCUT2D eigenvalue weighted by atomic mass is 10.0. The van der Waals surface area contributed by atoms with Gasteiger partial charge in [-0.3, -0.25) is 9.59 Å². The van der Waals surface area contributed by atoms with E-state index in [0.29, 0.717) is 24.0 Å². The molecule has 0 fully saturated rings. The number of carboxylic acid groups (broad SMARTS) is 1. The second-order valence-corrected chi connectivity index (χ2v) is 6.09. The summed E-state index contributed by atoms with van der Waals surface area (Å²) in [6.45, 7) is 0.285. The van der Waals surface area contributed by atoms with E-state index in [2.05, 4.69) is 15.3 Å². The Morgan fingerprint density at radius 2 is 1.57 bits per heavy atom. The van der Waals surface area contributed by atoms with E-state index in [1.165, 1.54) is 12.1 Å². The van der Waals surface area contributed by atoms with Crippen molar-refractivity contribution >= 4 is 17.7 Å². The molecule has 0 unspecified atom stereocenters. The van der Waals surface area contributed by atoms with Gasteiger partial charge in [0.15, 0.2) is 5.78 Å². The van der Waals surface area contributed by atoms with Crippen molar-refractivity contribution in [2.75, 3.05) is 6.54 Å². The largest absolute Gasteiger partial charge is 0.480 e. The van der Waals surface area contributed by atoms with Gasteiger partial charge >= 0.3 is 5.97 Å². The molecule has 2 aromatic rings. The molecule has 0 heterocycles. The monoisotopic (exact) mass is 380 g/mol. The van der Waals surface area contributed by atoms with E-state index in [-0.39, 0.29) is 24.3 Å². The van der Waals surface area contributed by atoms with Crippen LogP contribution in [0.4, 0.5) is 0 Å². The Morgan fingerprint density at radius 1 is 0.964 bits per heavy atom. The fraction of sp³-hybridized carbons (Fsp3) is 0.250. The van der Waals surface area contributed by atoms with Gasteiger partial charge in [0.1, 0.15) is 6.04 Å². The van der Waals surface area contributed by atoms with E-state index < -0.39 is 17.9 Å². The Balaban J connectivity index is 1.97. The predicted octanol–water partition coefficient (Wildman–Crippen LogP) is 3.58. The van der Waals surface area contributed by atoms with Crippen LogP contribution in [-0.2, 0) is 4.79 Å². The number of hydrogen-bond donors (Lipinski definition) is 2. The van der Waals surface area contributed by atoms with Crippen LogP contribution in [-0.4, -0.2) is 35.4 Å². The highest BCUT2D eigenvalue weighted by Gasteiger charge is 2.20. The number of nitrogens with zero attached hydrogens (tertiary/aromatic N) is 3. The average Bonchev–Trinajstić information content (AvgIpc) is 2.72. The van der Waals surface area contributed by atoms with Gasteiger partial charge in [-0.15, -0.1) is 0 Å². The number of carbonyl (C=O) groups excluding carboxylic acids is 2. The number of nitrogens with one attached hydrogen (secondary N) is 1. The van der Waals surface area contributed by atoms with Crippen LogP contribution in [0.15, 0.2) is 59.7 Å². The van der Waals surface area contributed by atoms with Crippen LogP contribution in [0.3, 0.4) is 0 Å². The number of benzene rings is 2. The minimum atomic E-state index is -1.13. The van der Waals surface area contributed by atoms with Crippen molar-refractivity contribution in [2.45, 2.75) is 25.3 Å². The summed E-state index contributed by atoms with van der Waals surface area (Å²) in [4.78, 5) is 38.7. The molecule has 0 bridgehead atoms. The number of azide groups is 1. The zero-order chi connectivity index (χ0) is 20.4. The lowest BCUT2D eigenvalue weighted by Gasteiger charge is -2.14. The first-order valence-corrected chi connectivity index (χ1v) is 8.77. The number of carbonyl (C=O) groups is 3. The molecule has 0 spiro atoms. The van der Waals surface area contributed by atoms with Gasteiger partial charge in [-0.05, 0) is 30.5 Å². The molecule has 8 nitrogen and oxygen atoms in total. The summed E-state index contributed by atoms with van der Waals surface area (Å²) < 4.78 is 0. The fourth-order valence-electron chi connectivity index (χ4n) is 2.60.